The molecule has 0 radical (unpaired) electrons. The van der Waals surface area contributed by atoms with E-state index in [4.69, 9.17) is 21.4 Å². The lowest BCUT2D eigenvalue weighted by Crippen LogP contribution is -2.43. The average molecular weight is 566 g/mol. The first-order valence-electron chi connectivity index (χ1n) is 14.6. The van der Waals surface area contributed by atoms with Crippen molar-refractivity contribution in [1.29, 1.82) is 0 Å². The Hall–Kier alpha value is -2.13. The van der Waals surface area contributed by atoms with Gasteiger partial charge in [0.05, 0.1) is 12.0 Å². The molecule has 1 aromatic carbocycles. The Morgan fingerprint density at radius 1 is 1.15 bits per heavy atom. The molecule has 2 aliphatic carbocycles. The number of piperazine rings is 1. The first-order valence-corrected chi connectivity index (χ1v) is 15.8. The molecule has 208 valence electrons. The van der Waals surface area contributed by atoms with Gasteiger partial charge in [0.1, 0.15) is 21.6 Å². The van der Waals surface area contributed by atoms with Crippen LogP contribution in [0.25, 0.3) is 17.4 Å². The number of ether oxygens (including phenoxy) is 1. The fourth-order valence-electron chi connectivity index (χ4n) is 6.85. The lowest BCUT2D eigenvalue weighted by molar-refractivity contribution is -0.124. The summed E-state index contributed by atoms with van der Waals surface area (Å²) in [4.78, 5) is 18.8. The zero-order valence-corrected chi connectivity index (χ0v) is 24.5. The fourth-order valence-corrected chi connectivity index (χ4v) is 8.20. The third kappa shape index (κ3) is 5.99. The third-order valence-corrected chi connectivity index (χ3v) is 10.3. The average Bonchev–Trinajstić information content (AvgIpc) is 3.74. The number of thiocarbonyl (C=S) groups is 1. The lowest BCUT2D eigenvalue weighted by Gasteiger charge is -2.30. The molecule has 1 aromatic heterocycles. The van der Waals surface area contributed by atoms with Gasteiger partial charge in [0.25, 0.3) is 5.91 Å². The van der Waals surface area contributed by atoms with Crippen molar-refractivity contribution in [1.82, 2.24) is 15.1 Å². The molecule has 1 amide bonds. The number of furan rings is 1. The van der Waals surface area contributed by atoms with Gasteiger partial charge in [0.15, 0.2) is 0 Å². The van der Waals surface area contributed by atoms with Crippen LogP contribution in [-0.4, -0.2) is 65.9 Å². The second-order valence-corrected chi connectivity index (χ2v) is 13.1. The number of nitrogens with one attached hydrogen (secondary N) is 1. The van der Waals surface area contributed by atoms with Gasteiger partial charge in [0.2, 0.25) is 0 Å². The molecule has 39 heavy (non-hydrogen) atoms. The Kier molecular flexibility index (Phi) is 8.44. The summed E-state index contributed by atoms with van der Waals surface area (Å²) in [6, 6.07) is 10.4. The number of rotatable bonds is 10. The standard InChI is InChI=1S/C31H39N3O3S2/c1-36-25-8-5-7-23(18-25)27-19-24(6-3-2-4-13-33-14-11-32-12-15-33)28(37-27)20-29-30(35)34(31(38)39-29)26-17-21-9-10-22(26)16-21/h5,7-8,18-22,26,32H,2-4,6,9-17H2,1H3/b29-20+. The van der Waals surface area contributed by atoms with Crippen molar-refractivity contribution in [3.8, 4) is 17.1 Å². The van der Waals surface area contributed by atoms with Crippen molar-refractivity contribution >= 4 is 40.3 Å². The SMILES string of the molecule is COc1cccc(-c2cc(CCCCCN3CCNCC3)c(/C=C3/SC(=S)N(C4CC5CCC4C5)C3=O)o2)c1. The molecule has 6 rings (SSSR count). The van der Waals surface area contributed by atoms with Gasteiger partial charge in [0, 0.05) is 43.9 Å². The summed E-state index contributed by atoms with van der Waals surface area (Å²) in [6.07, 6.45) is 11.2. The van der Waals surface area contributed by atoms with E-state index >= 15 is 0 Å². The van der Waals surface area contributed by atoms with E-state index < -0.39 is 0 Å². The minimum absolute atomic E-state index is 0.0591. The van der Waals surface area contributed by atoms with Crippen LogP contribution in [0.4, 0.5) is 0 Å². The number of methoxy groups -OCH3 is 1. The summed E-state index contributed by atoms with van der Waals surface area (Å²) in [7, 11) is 1.68. The van der Waals surface area contributed by atoms with E-state index in [0.29, 0.717) is 15.1 Å². The van der Waals surface area contributed by atoms with Gasteiger partial charge < -0.3 is 19.4 Å². The molecule has 3 unspecified atom stereocenters. The summed E-state index contributed by atoms with van der Waals surface area (Å²) in [5, 5.41) is 3.43. The maximum Gasteiger partial charge on any atom is 0.266 e. The van der Waals surface area contributed by atoms with Gasteiger partial charge >= 0.3 is 0 Å². The number of benzene rings is 1. The zero-order valence-electron chi connectivity index (χ0n) is 22.8. The van der Waals surface area contributed by atoms with Crippen LogP contribution in [0.5, 0.6) is 5.75 Å². The van der Waals surface area contributed by atoms with Crippen molar-refractivity contribution in [2.45, 2.75) is 57.4 Å². The van der Waals surface area contributed by atoms with Crippen LogP contribution in [0.15, 0.2) is 39.7 Å². The van der Waals surface area contributed by atoms with Crippen molar-refractivity contribution < 1.29 is 13.9 Å². The van der Waals surface area contributed by atoms with Crippen LogP contribution in [0.3, 0.4) is 0 Å². The van der Waals surface area contributed by atoms with E-state index in [2.05, 4.69) is 16.3 Å². The normalized spacial score (nSPS) is 26.3. The van der Waals surface area contributed by atoms with Gasteiger partial charge in [-0.05, 0) is 80.7 Å². The van der Waals surface area contributed by atoms with Crippen molar-refractivity contribution in [3.63, 3.8) is 0 Å². The maximum atomic E-state index is 13.6. The second kappa shape index (κ2) is 12.2. The summed E-state index contributed by atoms with van der Waals surface area (Å²) in [5.74, 6) is 3.82. The highest BCUT2D eigenvalue weighted by Crippen LogP contribution is 2.49. The van der Waals surface area contributed by atoms with Crippen molar-refractivity contribution in [2.75, 3.05) is 39.8 Å². The number of carbonyl (C=O) groups excluding carboxylic acids is 1. The lowest BCUT2D eigenvalue weighted by atomic mass is 9.94. The van der Waals surface area contributed by atoms with E-state index in [1.807, 2.05) is 35.2 Å². The Balaban J connectivity index is 1.18. The van der Waals surface area contributed by atoms with E-state index in [0.717, 1.165) is 79.8 Å². The summed E-state index contributed by atoms with van der Waals surface area (Å²) in [6.45, 7) is 5.66. The molecular weight excluding hydrogens is 526 g/mol. The van der Waals surface area contributed by atoms with E-state index in [1.165, 1.54) is 50.4 Å². The molecule has 2 bridgehead atoms. The van der Waals surface area contributed by atoms with Crippen LogP contribution in [-0.2, 0) is 11.2 Å². The monoisotopic (exact) mass is 565 g/mol. The number of aryl methyl sites for hydroxylation is 1. The summed E-state index contributed by atoms with van der Waals surface area (Å²) >= 11 is 7.17. The molecule has 3 heterocycles. The van der Waals surface area contributed by atoms with Crippen molar-refractivity contribution in [2.24, 2.45) is 11.8 Å². The molecular formula is C31H39N3O3S2. The number of hydrogen-bond acceptors (Lipinski definition) is 7. The largest absolute Gasteiger partial charge is 0.497 e. The molecule has 6 nitrogen and oxygen atoms in total. The topological polar surface area (TPSA) is 58.0 Å². The highest BCUT2D eigenvalue weighted by atomic mass is 32.2. The van der Waals surface area contributed by atoms with Crippen LogP contribution in [0, 0.1) is 11.8 Å². The van der Waals surface area contributed by atoms with E-state index in [9.17, 15) is 4.79 Å². The highest BCUT2D eigenvalue weighted by Gasteiger charge is 2.48. The molecule has 4 aliphatic rings. The van der Waals surface area contributed by atoms with Gasteiger partial charge in [-0.3, -0.25) is 9.69 Å². The molecule has 8 heteroatoms. The first-order chi connectivity index (χ1) is 19.1. The molecule has 2 saturated heterocycles. The minimum atomic E-state index is 0.0591. The minimum Gasteiger partial charge on any atom is -0.497 e. The highest BCUT2D eigenvalue weighted by molar-refractivity contribution is 8.26. The molecule has 0 spiro atoms. The van der Waals surface area contributed by atoms with Crippen LogP contribution < -0.4 is 10.1 Å². The smallest absolute Gasteiger partial charge is 0.266 e. The predicted molar refractivity (Wildman–Crippen MR) is 162 cm³/mol. The number of carbonyl (C=O) groups is 1. The van der Waals surface area contributed by atoms with E-state index in [1.54, 1.807) is 7.11 Å². The van der Waals surface area contributed by atoms with Crippen LogP contribution in [0.2, 0.25) is 0 Å². The summed E-state index contributed by atoms with van der Waals surface area (Å²) in [5.41, 5.74) is 2.13. The number of thioether (sulfide) groups is 1. The number of unbranched alkanes of at least 4 members (excludes halogenated alkanes) is 2. The Bertz CT molecular complexity index is 1240. The zero-order chi connectivity index (χ0) is 26.8. The predicted octanol–water partition coefficient (Wildman–Crippen LogP) is 5.96. The molecule has 2 saturated carbocycles. The Morgan fingerprint density at radius 3 is 2.79 bits per heavy atom. The molecule has 2 aromatic rings. The third-order valence-electron chi connectivity index (χ3n) is 8.94. The summed E-state index contributed by atoms with van der Waals surface area (Å²) < 4.78 is 12.6. The van der Waals surface area contributed by atoms with Crippen molar-refractivity contribution in [3.05, 3.63) is 46.6 Å². The van der Waals surface area contributed by atoms with Gasteiger partial charge in [-0.25, -0.2) is 0 Å². The number of hydrogen-bond donors (Lipinski definition) is 1. The number of amides is 1. The number of fused-ring (bicyclic) bond motifs is 2. The van der Waals surface area contributed by atoms with Gasteiger partial charge in [-0.1, -0.05) is 49.0 Å². The second-order valence-electron chi connectivity index (χ2n) is 11.4. The van der Waals surface area contributed by atoms with E-state index in [-0.39, 0.29) is 11.9 Å². The van der Waals surface area contributed by atoms with Crippen LogP contribution in [0.1, 0.15) is 56.3 Å². The Labute approximate surface area is 241 Å². The molecule has 4 fully saturated rings. The van der Waals surface area contributed by atoms with Gasteiger partial charge in [-0.15, -0.1) is 0 Å². The van der Waals surface area contributed by atoms with Crippen LogP contribution >= 0.6 is 24.0 Å². The molecule has 2 aliphatic heterocycles. The number of nitrogens with zero attached hydrogens (tertiary/aromatic N) is 2. The maximum absolute atomic E-state index is 13.6. The van der Waals surface area contributed by atoms with Gasteiger partial charge in [-0.2, -0.15) is 0 Å². The molecule has 3 atom stereocenters. The Morgan fingerprint density at radius 2 is 2.03 bits per heavy atom. The molecule has 1 N–H and O–H groups in total. The quantitative estimate of drug-likeness (QED) is 0.217. The fraction of sp³-hybridized carbons (Fsp3) is 0.548. The first kappa shape index (κ1) is 27.1.